The van der Waals surface area contributed by atoms with Gasteiger partial charge in [-0.2, -0.15) is 16.1 Å². The van der Waals surface area contributed by atoms with Crippen molar-refractivity contribution in [2.45, 2.75) is 10.9 Å². The molecule has 9 heteroatoms. The zero-order chi connectivity index (χ0) is 16.4. The zero-order valence-corrected chi connectivity index (χ0v) is 16.4. The van der Waals surface area contributed by atoms with Crippen molar-refractivity contribution < 1.29 is 13.2 Å². The van der Waals surface area contributed by atoms with Crippen molar-refractivity contribution in [3.63, 3.8) is 0 Å². The van der Waals surface area contributed by atoms with E-state index in [0.717, 1.165) is 11.5 Å². The first kappa shape index (κ1) is 17.6. The van der Waals surface area contributed by atoms with Gasteiger partial charge in [0, 0.05) is 34.8 Å². The van der Waals surface area contributed by atoms with Crippen LogP contribution in [0.1, 0.15) is 0 Å². The maximum Gasteiger partial charge on any atom is 0.244 e. The molecule has 23 heavy (non-hydrogen) atoms. The Morgan fingerprint density at radius 1 is 1.22 bits per heavy atom. The highest BCUT2D eigenvalue weighted by Crippen LogP contribution is 2.30. The molecule has 0 bridgehead atoms. The number of carbonyl (C=O) groups is 1. The van der Waals surface area contributed by atoms with E-state index in [1.807, 2.05) is 11.8 Å². The van der Waals surface area contributed by atoms with Gasteiger partial charge in [0.25, 0.3) is 0 Å². The summed E-state index contributed by atoms with van der Waals surface area (Å²) in [6.45, 7) is 1.41. The third kappa shape index (κ3) is 3.73. The Kier molecular flexibility index (Phi) is 5.62. The molecule has 0 saturated carbocycles. The number of nitrogens with zero attached hydrogens (tertiary/aromatic N) is 2. The minimum atomic E-state index is -3.66. The number of benzene rings is 1. The minimum absolute atomic E-state index is 0.0612. The van der Waals surface area contributed by atoms with Crippen LogP contribution in [0.15, 0.2) is 33.6 Å². The van der Waals surface area contributed by atoms with Gasteiger partial charge in [-0.3, -0.25) is 4.79 Å². The van der Waals surface area contributed by atoms with Crippen molar-refractivity contribution in [1.82, 2.24) is 9.21 Å². The fourth-order valence-electron chi connectivity index (χ4n) is 2.62. The molecule has 0 aliphatic carbocycles. The van der Waals surface area contributed by atoms with Gasteiger partial charge in [0.1, 0.15) is 6.04 Å². The number of amides is 1. The van der Waals surface area contributed by atoms with Crippen LogP contribution in [-0.2, 0) is 14.8 Å². The van der Waals surface area contributed by atoms with Crippen molar-refractivity contribution in [1.29, 1.82) is 0 Å². The van der Waals surface area contributed by atoms with E-state index in [0.29, 0.717) is 29.2 Å². The standard InChI is InChI=1S/C14H17BrN2O3S3/c15-11-2-1-3-12(8-11)23(19,20)17-10-22-9-13(17)14(18)16-4-6-21-7-5-16/h1-3,8,13H,4-7,9-10H2/t13-/m1/s1. The molecule has 1 aromatic carbocycles. The first-order valence-corrected chi connectivity index (χ1v) is 11.8. The summed E-state index contributed by atoms with van der Waals surface area (Å²) in [5, 5.41) is 0. The van der Waals surface area contributed by atoms with Gasteiger partial charge in [0.2, 0.25) is 15.9 Å². The molecule has 2 fully saturated rings. The molecule has 2 aliphatic heterocycles. The summed E-state index contributed by atoms with van der Waals surface area (Å²) in [7, 11) is -3.66. The van der Waals surface area contributed by atoms with E-state index in [9.17, 15) is 13.2 Å². The largest absolute Gasteiger partial charge is 0.340 e. The fraction of sp³-hybridized carbons (Fsp3) is 0.500. The highest BCUT2D eigenvalue weighted by molar-refractivity contribution is 9.10. The second-order valence-corrected chi connectivity index (χ2v) is 10.3. The quantitative estimate of drug-likeness (QED) is 0.725. The summed E-state index contributed by atoms with van der Waals surface area (Å²) in [6.07, 6.45) is 0. The molecule has 1 amide bonds. The van der Waals surface area contributed by atoms with E-state index in [-0.39, 0.29) is 10.8 Å². The Bertz CT molecular complexity index is 692. The second-order valence-electron chi connectivity index (χ2n) is 5.30. The summed E-state index contributed by atoms with van der Waals surface area (Å²) in [5.74, 6) is 2.63. The van der Waals surface area contributed by atoms with Gasteiger partial charge in [0.05, 0.1) is 10.8 Å². The van der Waals surface area contributed by atoms with E-state index in [1.54, 1.807) is 29.2 Å². The number of thioether (sulfide) groups is 2. The van der Waals surface area contributed by atoms with Crippen LogP contribution in [-0.4, -0.2) is 65.8 Å². The lowest BCUT2D eigenvalue weighted by Gasteiger charge is -2.31. The molecule has 2 heterocycles. The number of sulfonamides is 1. The molecule has 5 nitrogen and oxygen atoms in total. The summed E-state index contributed by atoms with van der Waals surface area (Å²) in [6, 6.07) is 6.04. The lowest BCUT2D eigenvalue weighted by molar-refractivity contribution is -0.133. The predicted octanol–water partition coefficient (Wildman–Crippen LogP) is 2.09. The summed E-state index contributed by atoms with van der Waals surface area (Å²) in [4.78, 5) is 14.8. The number of hydrogen-bond acceptors (Lipinski definition) is 5. The third-order valence-corrected chi connectivity index (χ3v) is 8.31. The topological polar surface area (TPSA) is 57.7 Å². The Hall–Kier alpha value is -0.220. The van der Waals surface area contributed by atoms with Gasteiger partial charge in [-0.25, -0.2) is 8.42 Å². The molecule has 0 N–H and O–H groups in total. The maximum absolute atomic E-state index is 12.9. The normalized spacial score (nSPS) is 23.2. The van der Waals surface area contributed by atoms with Crippen LogP contribution in [0.5, 0.6) is 0 Å². The van der Waals surface area contributed by atoms with Crippen LogP contribution in [0, 0.1) is 0 Å². The molecule has 0 aromatic heterocycles. The average Bonchev–Trinajstić information content (AvgIpc) is 3.05. The highest BCUT2D eigenvalue weighted by atomic mass is 79.9. The molecule has 1 aromatic rings. The van der Waals surface area contributed by atoms with E-state index < -0.39 is 16.1 Å². The molecule has 3 rings (SSSR count). The van der Waals surface area contributed by atoms with E-state index >= 15 is 0 Å². The molecular formula is C14H17BrN2O3S3. The minimum Gasteiger partial charge on any atom is -0.340 e. The molecule has 1 atom stereocenters. The van der Waals surface area contributed by atoms with Crippen LogP contribution in [0.2, 0.25) is 0 Å². The lowest BCUT2D eigenvalue weighted by Crippen LogP contribution is -2.51. The van der Waals surface area contributed by atoms with E-state index in [2.05, 4.69) is 15.9 Å². The summed E-state index contributed by atoms with van der Waals surface area (Å²) in [5.41, 5.74) is 0. The predicted molar refractivity (Wildman–Crippen MR) is 98.2 cm³/mol. The average molecular weight is 437 g/mol. The lowest BCUT2D eigenvalue weighted by atomic mass is 10.3. The van der Waals surface area contributed by atoms with Gasteiger partial charge in [-0.15, -0.1) is 11.8 Å². The molecule has 0 unspecified atom stereocenters. The Balaban J connectivity index is 1.84. The van der Waals surface area contributed by atoms with Gasteiger partial charge in [-0.1, -0.05) is 22.0 Å². The molecule has 126 valence electrons. The Morgan fingerprint density at radius 2 is 1.96 bits per heavy atom. The Labute approximate surface area is 153 Å². The monoisotopic (exact) mass is 436 g/mol. The van der Waals surface area contributed by atoms with Crippen LogP contribution in [0.3, 0.4) is 0 Å². The van der Waals surface area contributed by atoms with Crippen molar-refractivity contribution in [3.05, 3.63) is 28.7 Å². The number of hydrogen-bond donors (Lipinski definition) is 0. The summed E-state index contributed by atoms with van der Waals surface area (Å²) < 4.78 is 27.9. The van der Waals surface area contributed by atoms with Gasteiger partial charge >= 0.3 is 0 Å². The first-order valence-electron chi connectivity index (χ1n) is 7.22. The van der Waals surface area contributed by atoms with Crippen molar-refractivity contribution >= 4 is 55.4 Å². The first-order chi connectivity index (χ1) is 11.0. The fourth-order valence-corrected chi connectivity index (χ4v) is 7.25. The van der Waals surface area contributed by atoms with Crippen LogP contribution >= 0.6 is 39.5 Å². The smallest absolute Gasteiger partial charge is 0.244 e. The molecule has 0 radical (unpaired) electrons. The van der Waals surface area contributed by atoms with E-state index in [1.165, 1.54) is 16.1 Å². The maximum atomic E-state index is 12.9. The highest BCUT2D eigenvalue weighted by Gasteiger charge is 2.41. The number of carbonyl (C=O) groups excluding carboxylic acids is 1. The SMILES string of the molecule is O=C([C@H]1CSCN1S(=O)(=O)c1cccc(Br)c1)N1CCSCC1. The van der Waals surface area contributed by atoms with Gasteiger partial charge in [-0.05, 0) is 18.2 Å². The molecular weight excluding hydrogens is 420 g/mol. The van der Waals surface area contributed by atoms with Crippen LogP contribution in [0.4, 0.5) is 0 Å². The molecule has 0 spiro atoms. The van der Waals surface area contributed by atoms with Crippen molar-refractivity contribution in [2.75, 3.05) is 36.2 Å². The zero-order valence-electron chi connectivity index (χ0n) is 12.4. The van der Waals surface area contributed by atoms with Crippen LogP contribution in [0.25, 0.3) is 0 Å². The summed E-state index contributed by atoms with van der Waals surface area (Å²) >= 11 is 6.62. The Morgan fingerprint density at radius 3 is 2.65 bits per heavy atom. The second kappa shape index (κ2) is 7.35. The molecule has 2 aliphatic rings. The third-order valence-electron chi connectivity index (χ3n) is 3.85. The van der Waals surface area contributed by atoms with Crippen LogP contribution < -0.4 is 0 Å². The van der Waals surface area contributed by atoms with Crippen molar-refractivity contribution in [3.8, 4) is 0 Å². The van der Waals surface area contributed by atoms with Gasteiger partial charge in [0.15, 0.2) is 0 Å². The number of rotatable bonds is 3. The van der Waals surface area contributed by atoms with E-state index in [4.69, 9.17) is 0 Å². The van der Waals surface area contributed by atoms with Crippen molar-refractivity contribution in [2.24, 2.45) is 0 Å². The number of halogens is 1. The molecule has 2 saturated heterocycles. The van der Waals surface area contributed by atoms with Gasteiger partial charge < -0.3 is 4.90 Å².